The van der Waals surface area contributed by atoms with Gasteiger partial charge in [0.25, 0.3) is 0 Å². The van der Waals surface area contributed by atoms with E-state index in [-0.39, 0.29) is 26.8 Å². The molecule has 290 valence electrons. The number of hydrogen-bond acceptors (Lipinski definition) is 3. The summed E-state index contributed by atoms with van der Waals surface area (Å²) >= 11 is 0. The maximum Gasteiger partial charge on any atom is 0.148 e. The number of pyridine rings is 1. The second-order valence-electron chi connectivity index (χ2n) is 14.7. The molecule has 0 saturated heterocycles. The average molecular weight is 952 g/mol. The first-order chi connectivity index (χ1) is 29.2. The van der Waals surface area contributed by atoms with Gasteiger partial charge in [0.2, 0.25) is 0 Å². The summed E-state index contributed by atoms with van der Waals surface area (Å²) in [6.07, 6.45) is 2.62. The summed E-state index contributed by atoms with van der Waals surface area (Å²) in [4.78, 5) is 10.3. The number of phenols is 1. The zero-order chi connectivity index (χ0) is 39.5. The Morgan fingerprint density at radius 1 is 0.467 bits per heavy atom. The van der Waals surface area contributed by atoms with Crippen molar-refractivity contribution in [3.05, 3.63) is 230 Å². The van der Waals surface area contributed by atoms with Gasteiger partial charge in [0.05, 0.1) is 22.3 Å². The monoisotopic (exact) mass is 951 g/mol. The topological polar surface area (TPSA) is 50.9 Å². The molecule has 0 radical (unpaired) electrons. The summed E-state index contributed by atoms with van der Waals surface area (Å²) in [5, 5.41) is 11.4. The number of aromatic nitrogens is 3. The van der Waals surface area contributed by atoms with Gasteiger partial charge >= 0.3 is 0 Å². The molecule has 0 aliphatic heterocycles. The second-order valence-corrected chi connectivity index (χ2v) is 14.7. The van der Waals surface area contributed by atoms with Gasteiger partial charge in [0, 0.05) is 38.5 Å². The molecule has 1 N–H and O–H groups in total. The molecule has 8 aromatic carbocycles. The van der Waals surface area contributed by atoms with E-state index in [1.807, 2.05) is 42.6 Å². The summed E-state index contributed by atoms with van der Waals surface area (Å²) in [5.41, 5.74) is 15.9. The largest absolute Gasteiger partial charge is 0.507 e. The fourth-order valence-electron chi connectivity index (χ4n) is 8.03. The van der Waals surface area contributed by atoms with E-state index < -0.39 is 0 Å². The molecule has 0 unspecified atom stereocenters. The molecule has 0 spiro atoms. The molecular formula is C55H38N3OPt-. The minimum atomic E-state index is 0. The normalized spacial score (nSPS) is 11.0. The number of aromatic hydroxyl groups is 1. The van der Waals surface area contributed by atoms with E-state index in [0.29, 0.717) is 11.4 Å². The Bertz CT molecular complexity index is 3070. The molecule has 60 heavy (non-hydrogen) atoms. The zero-order valence-corrected chi connectivity index (χ0v) is 34.8. The molecule has 10 aromatic rings. The van der Waals surface area contributed by atoms with Crippen LogP contribution in [0.5, 0.6) is 5.75 Å². The van der Waals surface area contributed by atoms with Crippen molar-refractivity contribution in [2.24, 2.45) is 0 Å². The summed E-state index contributed by atoms with van der Waals surface area (Å²) < 4.78 is 2.20. The van der Waals surface area contributed by atoms with Crippen molar-refractivity contribution in [3.63, 3.8) is 0 Å². The molecule has 0 aliphatic rings. The van der Waals surface area contributed by atoms with Crippen LogP contribution in [0.4, 0.5) is 0 Å². The van der Waals surface area contributed by atoms with Crippen molar-refractivity contribution in [1.82, 2.24) is 14.5 Å². The van der Waals surface area contributed by atoms with Gasteiger partial charge in [-0.3, -0.25) is 9.55 Å². The van der Waals surface area contributed by atoms with Crippen LogP contribution in [0.15, 0.2) is 212 Å². The number of hydrogen-bond donors (Lipinski definition) is 1. The van der Waals surface area contributed by atoms with Gasteiger partial charge in [-0.25, -0.2) is 4.98 Å². The molecule has 10 rings (SSSR count). The van der Waals surface area contributed by atoms with E-state index in [2.05, 4.69) is 174 Å². The number of para-hydroxylation sites is 2. The molecule has 2 aromatic heterocycles. The number of phenolic OH excluding ortho intramolecular Hbond substituents is 1. The first-order valence-electron chi connectivity index (χ1n) is 19.8. The van der Waals surface area contributed by atoms with Gasteiger partial charge in [0.1, 0.15) is 11.6 Å². The molecular weight excluding hydrogens is 914 g/mol. The zero-order valence-electron chi connectivity index (χ0n) is 32.5. The Balaban J connectivity index is 0.00000462. The van der Waals surface area contributed by atoms with Crippen molar-refractivity contribution in [3.8, 4) is 78.6 Å². The van der Waals surface area contributed by atoms with E-state index in [0.717, 1.165) is 84.5 Å². The Morgan fingerprint density at radius 2 is 1.07 bits per heavy atom. The third-order valence-corrected chi connectivity index (χ3v) is 10.9. The second kappa shape index (κ2) is 17.0. The number of benzene rings is 8. The Morgan fingerprint density at radius 3 is 1.77 bits per heavy atom. The van der Waals surface area contributed by atoms with E-state index in [9.17, 15) is 5.11 Å². The predicted molar refractivity (Wildman–Crippen MR) is 241 cm³/mol. The van der Waals surface area contributed by atoms with Gasteiger partial charge in [-0.15, -0.1) is 29.3 Å². The van der Waals surface area contributed by atoms with Crippen molar-refractivity contribution in [1.29, 1.82) is 0 Å². The molecule has 4 nitrogen and oxygen atoms in total. The molecule has 0 amide bonds. The van der Waals surface area contributed by atoms with E-state index >= 15 is 0 Å². The summed E-state index contributed by atoms with van der Waals surface area (Å²) in [6, 6.07) is 74.7. The molecule has 0 atom stereocenters. The smallest absolute Gasteiger partial charge is 0.148 e. The maximum atomic E-state index is 11.4. The van der Waals surface area contributed by atoms with Gasteiger partial charge in [-0.1, -0.05) is 169 Å². The van der Waals surface area contributed by atoms with Crippen LogP contribution >= 0.6 is 0 Å². The van der Waals surface area contributed by atoms with Gasteiger partial charge < -0.3 is 5.11 Å². The van der Waals surface area contributed by atoms with Crippen molar-refractivity contribution in [2.45, 2.75) is 6.42 Å². The molecule has 0 bridgehead atoms. The van der Waals surface area contributed by atoms with Crippen molar-refractivity contribution in [2.75, 3.05) is 0 Å². The van der Waals surface area contributed by atoms with Crippen LogP contribution < -0.4 is 0 Å². The molecule has 0 aliphatic carbocycles. The minimum absolute atomic E-state index is 0. The SMILES string of the molecule is Oc1ccccc1-c1nc2c(-c3[c-]c(-c4cc(-c5ccccc5)ccn4)cc(Cc4ccccc4)c3)cccc2n1-c1ccc(-c2ccccc2)cc1-c1ccccc1.[Pt]. The van der Waals surface area contributed by atoms with E-state index in [1.165, 1.54) is 5.56 Å². The standard InChI is InChI=1S/C55H38N3O.Pt/c59-53-27-14-13-24-48(53)55-57-54-47(25-15-26-52(54)58(55)51-29-28-43(40-18-7-2-8-19-40)36-49(51)42-22-11-4-12-23-42)45-33-39(32-38-16-5-1-6-17-38)34-46(35-45)50-37-44(30-31-56-50)41-20-9-3-10-21-41;/h1-31,33-34,36-37,59H,32H2;/q-1;. The van der Waals surface area contributed by atoms with Crippen LogP contribution in [0.25, 0.3) is 83.9 Å². The third-order valence-electron chi connectivity index (χ3n) is 10.9. The first kappa shape index (κ1) is 38.4. The first-order valence-corrected chi connectivity index (χ1v) is 19.8. The van der Waals surface area contributed by atoms with Crippen LogP contribution in [0.1, 0.15) is 11.1 Å². The molecule has 0 saturated carbocycles. The quantitative estimate of drug-likeness (QED) is 0.147. The van der Waals surface area contributed by atoms with E-state index in [1.54, 1.807) is 6.07 Å². The third kappa shape index (κ3) is 7.62. The Kier molecular flexibility index (Phi) is 10.9. The number of rotatable bonds is 9. The van der Waals surface area contributed by atoms with Gasteiger partial charge in [-0.05, 0) is 76.2 Å². The summed E-state index contributed by atoms with van der Waals surface area (Å²) in [5.74, 6) is 0.809. The molecule has 0 fully saturated rings. The van der Waals surface area contributed by atoms with Crippen LogP contribution in [0, 0.1) is 6.07 Å². The number of fused-ring (bicyclic) bond motifs is 1. The number of nitrogens with zero attached hydrogens (tertiary/aromatic N) is 3. The van der Waals surface area contributed by atoms with Crippen LogP contribution in [-0.2, 0) is 27.5 Å². The molecule has 5 heteroatoms. The van der Waals surface area contributed by atoms with Crippen LogP contribution in [0.2, 0.25) is 0 Å². The molecule has 2 heterocycles. The number of imidazole rings is 1. The maximum absolute atomic E-state index is 11.4. The van der Waals surface area contributed by atoms with Gasteiger partial charge in [-0.2, -0.15) is 0 Å². The average Bonchev–Trinajstić information content (AvgIpc) is 3.69. The van der Waals surface area contributed by atoms with Crippen molar-refractivity contribution >= 4 is 11.0 Å². The minimum Gasteiger partial charge on any atom is -0.507 e. The summed E-state index contributed by atoms with van der Waals surface area (Å²) in [7, 11) is 0. The fourth-order valence-corrected chi connectivity index (χ4v) is 8.03. The van der Waals surface area contributed by atoms with Gasteiger partial charge in [0.15, 0.2) is 0 Å². The fraction of sp³-hybridized carbons (Fsp3) is 0.0182. The Labute approximate surface area is 364 Å². The van der Waals surface area contributed by atoms with Crippen molar-refractivity contribution < 1.29 is 26.2 Å². The summed E-state index contributed by atoms with van der Waals surface area (Å²) in [6.45, 7) is 0. The van der Waals surface area contributed by atoms with E-state index in [4.69, 9.17) is 9.97 Å². The Hall–Kier alpha value is -7.13. The predicted octanol–water partition coefficient (Wildman–Crippen LogP) is 13.5. The van der Waals surface area contributed by atoms with Crippen LogP contribution in [0.3, 0.4) is 0 Å². The van der Waals surface area contributed by atoms with Crippen LogP contribution in [-0.4, -0.2) is 19.6 Å².